The van der Waals surface area contributed by atoms with Gasteiger partial charge in [-0.2, -0.15) is 5.10 Å². The van der Waals surface area contributed by atoms with E-state index in [2.05, 4.69) is 16.3 Å². The van der Waals surface area contributed by atoms with Crippen molar-refractivity contribution in [2.45, 2.75) is 31.8 Å². The van der Waals surface area contributed by atoms with Gasteiger partial charge in [0.15, 0.2) is 0 Å². The summed E-state index contributed by atoms with van der Waals surface area (Å²) in [6.45, 7) is 0.638. The van der Waals surface area contributed by atoms with Gasteiger partial charge < -0.3 is 9.64 Å². The van der Waals surface area contributed by atoms with Crippen LogP contribution in [0.5, 0.6) is 5.75 Å². The van der Waals surface area contributed by atoms with Crippen molar-refractivity contribution < 1.29 is 9.53 Å². The van der Waals surface area contributed by atoms with Gasteiger partial charge in [-0.25, -0.2) is 0 Å². The second-order valence-electron chi connectivity index (χ2n) is 5.79. The minimum Gasteiger partial charge on any atom is -0.488 e. The molecule has 0 fully saturated rings. The van der Waals surface area contributed by atoms with Gasteiger partial charge in [0.2, 0.25) is 5.91 Å². The van der Waals surface area contributed by atoms with Crippen LogP contribution in [-0.2, 0) is 17.6 Å². The van der Waals surface area contributed by atoms with Crippen molar-refractivity contribution in [2.24, 2.45) is 0 Å². The van der Waals surface area contributed by atoms with E-state index >= 15 is 0 Å². The van der Waals surface area contributed by atoms with E-state index in [0.717, 1.165) is 30.6 Å². The van der Waals surface area contributed by atoms with Gasteiger partial charge in [-0.15, -0.1) is 0 Å². The average molecular weight is 299 g/mol. The highest BCUT2D eigenvalue weighted by Crippen LogP contribution is 2.28. The molecule has 0 saturated heterocycles. The van der Waals surface area contributed by atoms with Gasteiger partial charge in [0, 0.05) is 26.1 Å². The number of carbonyl (C=O) groups excluding carboxylic acids is 1. The number of carbonyl (C=O) groups is 1. The molecular formula is C17H21N3O2. The number of aromatic amines is 1. The molecule has 1 amide bonds. The van der Waals surface area contributed by atoms with Crippen molar-refractivity contribution in [2.75, 3.05) is 13.6 Å². The SMILES string of the molecule is CN(C[C@@H]1Cc2ccccc2O1)C(=O)CCCc1cn[nH]c1. The van der Waals surface area contributed by atoms with Crippen LogP contribution in [0.15, 0.2) is 36.7 Å². The van der Waals surface area contributed by atoms with Crippen molar-refractivity contribution >= 4 is 5.91 Å². The first-order valence-corrected chi connectivity index (χ1v) is 7.68. The maximum Gasteiger partial charge on any atom is 0.222 e. The molecule has 0 aliphatic carbocycles. The summed E-state index contributed by atoms with van der Waals surface area (Å²) in [5.41, 5.74) is 2.37. The fraction of sp³-hybridized carbons (Fsp3) is 0.412. The number of aryl methyl sites for hydroxylation is 1. The molecule has 1 aromatic carbocycles. The number of ether oxygens (including phenoxy) is 1. The summed E-state index contributed by atoms with van der Waals surface area (Å²) >= 11 is 0. The summed E-state index contributed by atoms with van der Waals surface area (Å²) in [5.74, 6) is 1.12. The standard InChI is InChI=1S/C17H21N3O2/c1-20(17(21)8-4-5-13-10-18-19-11-13)12-15-9-14-6-2-3-7-16(14)22-15/h2-3,6-7,10-11,15H,4-5,8-9,12H2,1H3,(H,18,19)/t15-/m0/s1. The lowest BCUT2D eigenvalue weighted by atomic mass is 10.1. The molecule has 2 heterocycles. The van der Waals surface area contributed by atoms with Gasteiger partial charge in [0.1, 0.15) is 11.9 Å². The molecule has 1 aromatic heterocycles. The van der Waals surface area contributed by atoms with E-state index in [1.807, 2.05) is 31.4 Å². The Balaban J connectivity index is 1.42. The highest BCUT2D eigenvalue weighted by molar-refractivity contribution is 5.75. The number of likely N-dealkylation sites (N-methyl/N-ethyl adjacent to an activating group) is 1. The molecule has 0 spiro atoms. The van der Waals surface area contributed by atoms with Crippen molar-refractivity contribution in [3.05, 3.63) is 47.8 Å². The van der Waals surface area contributed by atoms with Gasteiger partial charge in [-0.3, -0.25) is 9.89 Å². The fourth-order valence-corrected chi connectivity index (χ4v) is 2.81. The van der Waals surface area contributed by atoms with Crippen LogP contribution < -0.4 is 4.74 Å². The highest BCUT2D eigenvalue weighted by Gasteiger charge is 2.24. The summed E-state index contributed by atoms with van der Waals surface area (Å²) in [7, 11) is 1.85. The molecule has 0 radical (unpaired) electrons. The molecule has 1 atom stereocenters. The molecule has 2 aromatic rings. The smallest absolute Gasteiger partial charge is 0.222 e. The fourth-order valence-electron chi connectivity index (χ4n) is 2.81. The van der Waals surface area contributed by atoms with Crippen LogP contribution in [0.1, 0.15) is 24.0 Å². The van der Waals surface area contributed by atoms with Gasteiger partial charge >= 0.3 is 0 Å². The number of nitrogens with zero attached hydrogens (tertiary/aromatic N) is 2. The van der Waals surface area contributed by atoms with Crippen molar-refractivity contribution in [1.82, 2.24) is 15.1 Å². The predicted molar refractivity (Wildman–Crippen MR) is 83.7 cm³/mol. The Bertz CT molecular complexity index is 600. The Labute approximate surface area is 130 Å². The van der Waals surface area contributed by atoms with Crippen LogP contribution in [0, 0.1) is 0 Å². The first-order valence-electron chi connectivity index (χ1n) is 7.68. The van der Waals surface area contributed by atoms with E-state index in [9.17, 15) is 4.79 Å². The van der Waals surface area contributed by atoms with Gasteiger partial charge in [-0.05, 0) is 30.0 Å². The number of benzene rings is 1. The van der Waals surface area contributed by atoms with E-state index in [1.54, 1.807) is 11.1 Å². The second kappa shape index (κ2) is 6.64. The first kappa shape index (κ1) is 14.6. The van der Waals surface area contributed by atoms with E-state index < -0.39 is 0 Å². The first-order chi connectivity index (χ1) is 10.7. The predicted octanol–water partition coefficient (Wildman–Crippen LogP) is 2.19. The van der Waals surface area contributed by atoms with Crippen molar-refractivity contribution in [3.63, 3.8) is 0 Å². The average Bonchev–Trinajstić information content (AvgIpc) is 3.15. The molecule has 116 valence electrons. The number of hydrogen-bond acceptors (Lipinski definition) is 3. The van der Waals surface area contributed by atoms with Crippen molar-refractivity contribution in [3.8, 4) is 5.75 Å². The largest absolute Gasteiger partial charge is 0.488 e. The molecule has 3 rings (SSSR count). The monoisotopic (exact) mass is 299 g/mol. The number of fused-ring (bicyclic) bond motifs is 1. The van der Waals surface area contributed by atoms with Crippen molar-refractivity contribution in [1.29, 1.82) is 0 Å². The lowest BCUT2D eigenvalue weighted by Crippen LogP contribution is -2.36. The Morgan fingerprint density at radius 1 is 1.45 bits per heavy atom. The van der Waals surface area contributed by atoms with Crippen LogP contribution in [-0.4, -0.2) is 40.7 Å². The van der Waals surface area contributed by atoms with Gasteiger partial charge in [0.25, 0.3) is 0 Å². The van der Waals surface area contributed by atoms with Crippen LogP contribution in [0.4, 0.5) is 0 Å². The maximum atomic E-state index is 12.2. The minimum atomic E-state index is 0.0697. The Kier molecular flexibility index (Phi) is 4.42. The zero-order chi connectivity index (χ0) is 15.4. The topological polar surface area (TPSA) is 58.2 Å². The lowest BCUT2D eigenvalue weighted by Gasteiger charge is -2.21. The highest BCUT2D eigenvalue weighted by atomic mass is 16.5. The normalized spacial score (nSPS) is 16.1. The van der Waals surface area contributed by atoms with Crippen LogP contribution in [0.25, 0.3) is 0 Å². The van der Waals surface area contributed by atoms with E-state index in [4.69, 9.17) is 4.74 Å². The molecule has 22 heavy (non-hydrogen) atoms. The number of aromatic nitrogens is 2. The minimum absolute atomic E-state index is 0.0697. The lowest BCUT2D eigenvalue weighted by molar-refractivity contribution is -0.130. The van der Waals surface area contributed by atoms with Crippen LogP contribution in [0.3, 0.4) is 0 Å². The van der Waals surface area contributed by atoms with Gasteiger partial charge in [-0.1, -0.05) is 18.2 Å². The molecule has 5 nitrogen and oxygen atoms in total. The van der Waals surface area contributed by atoms with Gasteiger partial charge in [0.05, 0.1) is 12.7 Å². The van der Waals surface area contributed by atoms with Crippen LogP contribution in [0.2, 0.25) is 0 Å². The van der Waals surface area contributed by atoms with E-state index in [0.29, 0.717) is 13.0 Å². The Morgan fingerprint density at radius 3 is 3.09 bits per heavy atom. The molecule has 0 unspecified atom stereocenters. The third-order valence-corrected chi connectivity index (χ3v) is 4.03. The van der Waals surface area contributed by atoms with E-state index in [-0.39, 0.29) is 12.0 Å². The molecular weight excluding hydrogens is 278 g/mol. The second-order valence-corrected chi connectivity index (χ2v) is 5.79. The number of H-pyrrole nitrogens is 1. The molecule has 1 aliphatic heterocycles. The summed E-state index contributed by atoms with van der Waals surface area (Å²) in [4.78, 5) is 14.0. The molecule has 0 bridgehead atoms. The molecule has 5 heteroatoms. The summed E-state index contributed by atoms with van der Waals surface area (Å²) in [6.07, 6.45) is 6.90. The molecule has 1 N–H and O–H groups in total. The van der Waals surface area contributed by atoms with Crippen LogP contribution >= 0.6 is 0 Å². The maximum absolute atomic E-state index is 12.2. The Morgan fingerprint density at radius 2 is 2.32 bits per heavy atom. The number of amides is 1. The Hall–Kier alpha value is -2.30. The third-order valence-electron chi connectivity index (χ3n) is 4.03. The quantitative estimate of drug-likeness (QED) is 0.889. The number of hydrogen-bond donors (Lipinski definition) is 1. The molecule has 1 aliphatic rings. The summed E-state index contributed by atoms with van der Waals surface area (Å²) in [5, 5.41) is 6.69. The third kappa shape index (κ3) is 3.47. The number of para-hydroxylation sites is 1. The number of rotatable bonds is 6. The summed E-state index contributed by atoms with van der Waals surface area (Å²) < 4.78 is 5.88. The zero-order valence-electron chi connectivity index (χ0n) is 12.8. The molecule has 0 saturated carbocycles. The number of nitrogens with one attached hydrogen (secondary N) is 1. The van der Waals surface area contributed by atoms with E-state index in [1.165, 1.54) is 5.56 Å². The zero-order valence-corrected chi connectivity index (χ0v) is 12.8. The summed E-state index contributed by atoms with van der Waals surface area (Å²) in [6, 6.07) is 8.07.